The van der Waals surface area contributed by atoms with E-state index in [1.807, 2.05) is 29.6 Å². The Bertz CT molecular complexity index is 715. The lowest BCUT2D eigenvalue weighted by atomic mass is 10.1. The van der Waals surface area contributed by atoms with Gasteiger partial charge in [-0.05, 0) is 30.5 Å². The predicted molar refractivity (Wildman–Crippen MR) is 73.3 cm³/mol. The second-order valence-corrected chi connectivity index (χ2v) is 4.81. The van der Waals surface area contributed by atoms with E-state index in [1.165, 1.54) is 0 Å². The molecule has 0 aromatic carbocycles. The van der Waals surface area contributed by atoms with Crippen LogP contribution in [-0.2, 0) is 4.74 Å². The van der Waals surface area contributed by atoms with Crippen LogP contribution in [0.2, 0.25) is 0 Å². The molecule has 0 bridgehead atoms. The Morgan fingerprint density at radius 1 is 1.42 bits per heavy atom. The number of carbonyl (C=O) groups excluding carboxylic acids is 1. The molecule has 19 heavy (non-hydrogen) atoms. The van der Waals surface area contributed by atoms with Crippen LogP contribution >= 0.6 is 11.3 Å². The molecule has 0 aliphatic rings. The minimum atomic E-state index is -0.455. The fourth-order valence-corrected chi connectivity index (χ4v) is 2.72. The van der Waals surface area contributed by atoms with Crippen molar-refractivity contribution >= 4 is 28.4 Å². The number of fused-ring (bicyclic) bond motifs is 1. The molecular formula is C14H11NO3S. The van der Waals surface area contributed by atoms with Gasteiger partial charge in [-0.1, -0.05) is 6.07 Å². The number of thiophene rings is 1. The van der Waals surface area contributed by atoms with Gasteiger partial charge >= 0.3 is 5.97 Å². The van der Waals surface area contributed by atoms with Gasteiger partial charge in [-0.15, -0.1) is 11.3 Å². The number of esters is 1. The summed E-state index contributed by atoms with van der Waals surface area (Å²) in [5, 5.41) is 2.78. The minimum Gasteiger partial charge on any atom is -0.460 e. The average Bonchev–Trinajstić information content (AvgIpc) is 3.05. The van der Waals surface area contributed by atoms with E-state index in [-0.39, 0.29) is 5.76 Å². The highest BCUT2D eigenvalue weighted by Gasteiger charge is 2.23. The molecule has 5 heteroatoms. The topological polar surface area (TPSA) is 52.3 Å². The zero-order chi connectivity index (χ0) is 13.2. The molecule has 0 radical (unpaired) electrons. The van der Waals surface area contributed by atoms with Gasteiger partial charge in [0, 0.05) is 16.5 Å². The largest absolute Gasteiger partial charge is 0.460 e. The predicted octanol–water partition coefficient (Wildman–Crippen LogP) is 3.73. The number of hydrogen-bond donors (Lipinski definition) is 0. The van der Waals surface area contributed by atoms with Crippen LogP contribution in [0.4, 0.5) is 0 Å². The van der Waals surface area contributed by atoms with Crippen LogP contribution in [0.3, 0.4) is 0 Å². The molecule has 0 N–H and O–H groups in total. The number of rotatable bonds is 3. The van der Waals surface area contributed by atoms with Gasteiger partial charge in [0.25, 0.3) is 0 Å². The van der Waals surface area contributed by atoms with E-state index in [0.29, 0.717) is 12.3 Å². The highest BCUT2D eigenvalue weighted by Crippen LogP contribution is 2.36. The van der Waals surface area contributed by atoms with Crippen molar-refractivity contribution < 1.29 is 13.9 Å². The van der Waals surface area contributed by atoms with Crippen molar-refractivity contribution in [3.05, 3.63) is 41.6 Å². The standard InChI is InChI=1S/C14H11NO3S/c1-2-17-14(16)12-11(10-6-4-8-19-10)9-5-3-7-15-13(9)18-12/h3-8H,2H2,1H3. The maximum absolute atomic E-state index is 12.0. The summed E-state index contributed by atoms with van der Waals surface area (Å²) in [6, 6.07) is 7.60. The number of nitrogens with zero attached hydrogens (tertiary/aromatic N) is 1. The molecule has 3 aromatic rings. The van der Waals surface area contributed by atoms with Gasteiger partial charge in [0.05, 0.1) is 12.2 Å². The summed E-state index contributed by atoms with van der Waals surface area (Å²) < 4.78 is 10.6. The quantitative estimate of drug-likeness (QED) is 0.682. The van der Waals surface area contributed by atoms with Crippen LogP contribution in [0.15, 0.2) is 40.3 Å². The van der Waals surface area contributed by atoms with Crippen LogP contribution in [0, 0.1) is 0 Å². The zero-order valence-corrected chi connectivity index (χ0v) is 11.1. The highest BCUT2D eigenvalue weighted by molar-refractivity contribution is 7.13. The molecule has 4 nitrogen and oxygen atoms in total. The van der Waals surface area contributed by atoms with Gasteiger partial charge < -0.3 is 9.15 Å². The monoisotopic (exact) mass is 273 g/mol. The van der Waals surface area contributed by atoms with Crippen LogP contribution in [-0.4, -0.2) is 17.6 Å². The molecule has 3 rings (SSSR count). The lowest BCUT2D eigenvalue weighted by Gasteiger charge is -2.00. The number of furan rings is 1. The van der Waals surface area contributed by atoms with Crippen molar-refractivity contribution in [3.8, 4) is 10.4 Å². The van der Waals surface area contributed by atoms with Crippen molar-refractivity contribution in [2.45, 2.75) is 6.92 Å². The first-order valence-electron chi connectivity index (χ1n) is 5.89. The Kier molecular flexibility index (Phi) is 3.05. The summed E-state index contributed by atoms with van der Waals surface area (Å²) in [5.74, 6) is -0.234. The van der Waals surface area contributed by atoms with E-state index >= 15 is 0 Å². The second-order valence-electron chi connectivity index (χ2n) is 3.86. The third kappa shape index (κ3) is 2.02. The molecule has 96 valence electrons. The minimum absolute atomic E-state index is 0.220. The van der Waals surface area contributed by atoms with Gasteiger partial charge in [-0.3, -0.25) is 0 Å². The summed E-state index contributed by atoms with van der Waals surface area (Å²) >= 11 is 1.55. The molecule has 0 atom stereocenters. The SMILES string of the molecule is CCOC(=O)c1oc2ncccc2c1-c1cccs1. The van der Waals surface area contributed by atoms with Crippen molar-refractivity contribution in [1.29, 1.82) is 0 Å². The highest BCUT2D eigenvalue weighted by atomic mass is 32.1. The number of ether oxygens (including phenoxy) is 1. The van der Waals surface area contributed by atoms with E-state index < -0.39 is 5.97 Å². The summed E-state index contributed by atoms with van der Waals surface area (Å²) in [6.45, 7) is 2.08. The molecule has 0 saturated heterocycles. The smallest absolute Gasteiger partial charge is 0.375 e. The van der Waals surface area contributed by atoms with E-state index in [2.05, 4.69) is 4.98 Å². The molecule has 3 heterocycles. The Balaban J connectivity index is 2.26. The number of carbonyl (C=O) groups is 1. The number of aromatic nitrogens is 1. The number of hydrogen-bond acceptors (Lipinski definition) is 5. The van der Waals surface area contributed by atoms with Crippen molar-refractivity contribution in [3.63, 3.8) is 0 Å². The molecule has 0 amide bonds. The van der Waals surface area contributed by atoms with E-state index in [0.717, 1.165) is 15.8 Å². The normalized spacial score (nSPS) is 10.8. The molecular weight excluding hydrogens is 262 g/mol. The first-order valence-corrected chi connectivity index (χ1v) is 6.77. The molecule has 0 unspecified atom stereocenters. The lowest BCUT2D eigenvalue weighted by molar-refractivity contribution is 0.0493. The Hall–Kier alpha value is -2.14. The van der Waals surface area contributed by atoms with Crippen LogP contribution in [0.1, 0.15) is 17.5 Å². The maximum atomic E-state index is 12.0. The zero-order valence-electron chi connectivity index (χ0n) is 10.3. The number of pyridine rings is 1. The first kappa shape index (κ1) is 11.9. The molecule has 3 aromatic heterocycles. The first-order chi connectivity index (χ1) is 9.31. The third-order valence-electron chi connectivity index (χ3n) is 2.69. The second kappa shape index (κ2) is 4.85. The Morgan fingerprint density at radius 3 is 3.05 bits per heavy atom. The van der Waals surface area contributed by atoms with Crippen molar-refractivity contribution in [2.24, 2.45) is 0 Å². The molecule has 0 aliphatic heterocycles. The fraction of sp³-hybridized carbons (Fsp3) is 0.143. The summed E-state index contributed by atoms with van der Waals surface area (Å²) in [5.41, 5.74) is 1.21. The van der Waals surface area contributed by atoms with Gasteiger partial charge in [0.15, 0.2) is 0 Å². The van der Waals surface area contributed by atoms with Crippen LogP contribution in [0.5, 0.6) is 0 Å². The third-order valence-corrected chi connectivity index (χ3v) is 3.58. The molecule has 0 fully saturated rings. The summed E-state index contributed by atoms with van der Waals surface area (Å²) in [4.78, 5) is 17.1. The van der Waals surface area contributed by atoms with Crippen molar-refractivity contribution in [1.82, 2.24) is 4.98 Å². The fourth-order valence-electron chi connectivity index (χ4n) is 1.94. The van der Waals surface area contributed by atoms with E-state index in [9.17, 15) is 4.79 Å². The lowest BCUT2D eigenvalue weighted by Crippen LogP contribution is -2.04. The van der Waals surface area contributed by atoms with Crippen molar-refractivity contribution in [2.75, 3.05) is 6.61 Å². The summed E-state index contributed by atoms with van der Waals surface area (Å²) in [7, 11) is 0. The molecule has 0 saturated carbocycles. The Morgan fingerprint density at radius 2 is 2.32 bits per heavy atom. The average molecular weight is 273 g/mol. The maximum Gasteiger partial charge on any atom is 0.375 e. The van der Waals surface area contributed by atoms with Gasteiger partial charge in [0.2, 0.25) is 11.5 Å². The van der Waals surface area contributed by atoms with Gasteiger partial charge in [0.1, 0.15) is 0 Å². The van der Waals surface area contributed by atoms with E-state index in [1.54, 1.807) is 24.5 Å². The van der Waals surface area contributed by atoms with E-state index in [4.69, 9.17) is 9.15 Å². The Labute approximate surface area is 113 Å². The molecule has 0 aliphatic carbocycles. The van der Waals surface area contributed by atoms with Gasteiger partial charge in [-0.25, -0.2) is 9.78 Å². The molecule has 0 spiro atoms. The van der Waals surface area contributed by atoms with Crippen LogP contribution < -0.4 is 0 Å². The summed E-state index contributed by atoms with van der Waals surface area (Å²) in [6.07, 6.45) is 1.64. The van der Waals surface area contributed by atoms with Crippen LogP contribution in [0.25, 0.3) is 21.5 Å². The van der Waals surface area contributed by atoms with Gasteiger partial charge in [-0.2, -0.15) is 0 Å².